The summed E-state index contributed by atoms with van der Waals surface area (Å²) in [4.78, 5) is 11.0. The van der Waals surface area contributed by atoms with Crippen molar-refractivity contribution in [1.82, 2.24) is 0 Å². The fourth-order valence-electron chi connectivity index (χ4n) is 3.11. The van der Waals surface area contributed by atoms with E-state index in [4.69, 9.17) is 14.6 Å². The zero-order valence-corrected chi connectivity index (χ0v) is 14.3. The fourth-order valence-corrected chi connectivity index (χ4v) is 3.11. The number of aliphatic hydroxyl groups excluding tert-OH is 3. The first-order chi connectivity index (χ1) is 12.4. The Kier molecular flexibility index (Phi) is 5.43. The molecule has 1 fully saturated rings. The molecule has 0 bridgehead atoms. The third-order valence-corrected chi connectivity index (χ3v) is 4.68. The van der Waals surface area contributed by atoms with Crippen molar-refractivity contribution in [3.8, 4) is 5.75 Å². The van der Waals surface area contributed by atoms with Crippen LogP contribution in [0.1, 0.15) is 23.7 Å². The summed E-state index contributed by atoms with van der Waals surface area (Å²) in [6, 6.07) is 10.2. The molecule has 26 heavy (non-hydrogen) atoms. The van der Waals surface area contributed by atoms with Gasteiger partial charge in [-0.25, -0.2) is 4.79 Å². The first kappa shape index (κ1) is 18.6. The second-order valence-electron chi connectivity index (χ2n) is 6.52. The second-order valence-corrected chi connectivity index (χ2v) is 6.52. The topological polar surface area (TPSA) is 116 Å². The molecule has 1 aliphatic heterocycles. The van der Waals surface area contributed by atoms with Gasteiger partial charge in [0, 0.05) is 6.42 Å². The minimum absolute atomic E-state index is 0.226. The van der Waals surface area contributed by atoms with Crippen molar-refractivity contribution in [2.75, 3.05) is 6.61 Å². The number of carboxylic acids is 1. The molecule has 140 valence electrons. The van der Waals surface area contributed by atoms with Gasteiger partial charge in [-0.15, -0.1) is 0 Å². The summed E-state index contributed by atoms with van der Waals surface area (Å²) in [7, 11) is 0. The lowest BCUT2D eigenvalue weighted by Gasteiger charge is -2.39. The first-order valence-electron chi connectivity index (χ1n) is 8.46. The van der Waals surface area contributed by atoms with Gasteiger partial charge >= 0.3 is 5.97 Å². The predicted molar refractivity (Wildman–Crippen MR) is 93.4 cm³/mol. The molecule has 4 N–H and O–H groups in total. The van der Waals surface area contributed by atoms with E-state index in [0.29, 0.717) is 12.2 Å². The van der Waals surface area contributed by atoms with E-state index in [1.807, 2.05) is 0 Å². The standard InChI is InChI=1S/C19H22O7/c1-10-16(20)18(22)17(21)15(26-10)6-7-25-14-5-4-11-8-13(19(23)24)3-2-12(11)9-14/h2-5,8-10,15-18,20-22H,6-7H2,1H3,(H,23,24)/t10?,15-,16+,17?,18?/m0/s1. The van der Waals surface area contributed by atoms with E-state index < -0.39 is 36.5 Å². The van der Waals surface area contributed by atoms with Crippen molar-refractivity contribution in [2.45, 2.75) is 43.9 Å². The molecule has 1 aliphatic rings. The van der Waals surface area contributed by atoms with Gasteiger partial charge < -0.3 is 29.9 Å². The van der Waals surface area contributed by atoms with Crippen LogP contribution < -0.4 is 4.74 Å². The fraction of sp³-hybridized carbons (Fsp3) is 0.421. The van der Waals surface area contributed by atoms with Crippen LogP contribution in [0.4, 0.5) is 0 Å². The molecule has 2 aromatic carbocycles. The van der Waals surface area contributed by atoms with E-state index >= 15 is 0 Å². The molecule has 2 aromatic rings. The third-order valence-electron chi connectivity index (χ3n) is 4.68. The van der Waals surface area contributed by atoms with Crippen molar-refractivity contribution >= 4 is 16.7 Å². The number of ether oxygens (including phenoxy) is 2. The lowest BCUT2D eigenvalue weighted by molar-refractivity contribution is -0.219. The number of hydrogen-bond donors (Lipinski definition) is 4. The average Bonchev–Trinajstić information content (AvgIpc) is 2.63. The molecule has 0 aromatic heterocycles. The average molecular weight is 362 g/mol. The number of aromatic carboxylic acids is 1. The lowest BCUT2D eigenvalue weighted by atomic mass is 9.94. The molecule has 7 heteroatoms. The Morgan fingerprint density at radius 1 is 1.04 bits per heavy atom. The van der Waals surface area contributed by atoms with Crippen LogP contribution in [0.3, 0.4) is 0 Å². The summed E-state index contributed by atoms with van der Waals surface area (Å²) in [6.07, 6.45) is -4.36. The molecule has 0 spiro atoms. The van der Waals surface area contributed by atoms with Gasteiger partial charge in [0.25, 0.3) is 0 Å². The van der Waals surface area contributed by atoms with Gasteiger partial charge in [0.15, 0.2) is 0 Å². The molecule has 0 radical (unpaired) electrons. The van der Waals surface area contributed by atoms with E-state index in [1.54, 1.807) is 37.3 Å². The Labute approximate surface area is 150 Å². The van der Waals surface area contributed by atoms with Gasteiger partial charge in [-0.3, -0.25) is 0 Å². The van der Waals surface area contributed by atoms with Crippen LogP contribution in [0.15, 0.2) is 36.4 Å². The molecule has 5 atom stereocenters. The monoisotopic (exact) mass is 362 g/mol. The molecule has 1 heterocycles. The predicted octanol–water partition coefficient (Wildman–Crippen LogP) is 1.18. The number of hydrogen-bond acceptors (Lipinski definition) is 6. The van der Waals surface area contributed by atoms with Crippen molar-refractivity contribution in [3.05, 3.63) is 42.0 Å². The van der Waals surface area contributed by atoms with Gasteiger partial charge in [0.2, 0.25) is 0 Å². The van der Waals surface area contributed by atoms with Gasteiger partial charge in [-0.2, -0.15) is 0 Å². The van der Waals surface area contributed by atoms with Crippen molar-refractivity contribution < 1.29 is 34.7 Å². The highest BCUT2D eigenvalue weighted by atomic mass is 16.5. The van der Waals surface area contributed by atoms with Crippen molar-refractivity contribution in [3.63, 3.8) is 0 Å². The summed E-state index contributed by atoms with van der Waals surface area (Å²) >= 11 is 0. The minimum atomic E-state index is -1.24. The molecular formula is C19H22O7. The highest BCUT2D eigenvalue weighted by molar-refractivity contribution is 5.94. The van der Waals surface area contributed by atoms with Crippen LogP contribution in [0.5, 0.6) is 5.75 Å². The van der Waals surface area contributed by atoms with Gasteiger partial charge in [0.05, 0.1) is 24.4 Å². The van der Waals surface area contributed by atoms with Crippen LogP contribution >= 0.6 is 0 Å². The SMILES string of the molecule is CC1O[C@@H](CCOc2ccc3cc(C(=O)O)ccc3c2)C(O)C(O)[C@@H]1O. The normalized spacial score (nSPS) is 28.8. The highest BCUT2D eigenvalue weighted by Crippen LogP contribution is 2.25. The number of aliphatic hydroxyl groups is 3. The maximum atomic E-state index is 11.0. The van der Waals surface area contributed by atoms with Crippen molar-refractivity contribution in [1.29, 1.82) is 0 Å². The van der Waals surface area contributed by atoms with Crippen LogP contribution in [0.25, 0.3) is 10.8 Å². The van der Waals surface area contributed by atoms with Crippen LogP contribution in [0, 0.1) is 0 Å². The quantitative estimate of drug-likeness (QED) is 0.631. The molecular weight excluding hydrogens is 340 g/mol. The highest BCUT2D eigenvalue weighted by Gasteiger charge is 2.41. The first-order valence-corrected chi connectivity index (χ1v) is 8.46. The molecule has 7 nitrogen and oxygen atoms in total. The largest absolute Gasteiger partial charge is 0.493 e. The molecule has 3 unspecified atom stereocenters. The number of carboxylic acid groups (broad SMARTS) is 1. The molecule has 0 saturated carbocycles. The zero-order valence-electron chi connectivity index (χ0n) is 14.3. The summed E-state index contributed by atoms with van der Waals surface area (Å²) in [5.74, 6) is -0.362. The van der Waals surface area contributed by atoms with E-state index in [0.717, 1.165) is 10.8 Å². The molecule has 0 aliphatic carbocycles. The zero-order chi connectivity index (χ0) is 18.8. The Bertz CT molecular complexity index is 791. The number of benzene rings is 2. The molecule has 1 saturated heterocycles. The van der Waals surface area contributed by atoms with Crippen LogP contribution in [-0.2, 0) is 4.74 Å². The smallest absolute Gasteiger partial charge is 0.335 e. The number of carbonyl (C=O) groups is 1. The van der Waals surface area contributed by atoms with E-state index in [2.05, 4.69) is 0 Å². The Balaban J connectivity index is 1.61. The summed E-state index contributed by atoms with van der Waals surface area (Å²) < 4.78 is 11.2. The Hall–Kier alpha value is -2.19. The van der Waals surface area contributed by atoms with E-state index in [9.17, 15) is 20.1 Å². The van der Waals surface area contributed by atoms with Gasteiger partial charge in [-0.1, -0.05) is 12.1 Å². The van der Waals surface area contributed by atoms with Crippen LogP contribution in [0.2, 0.25) is 0 Å². The maximum Gasteiger partial charge on any atom is 0.335 e. The number of fused-ring (bicyclic) bond motifs is 1. The van der Waals surface area contributed by atoms with E-state index in [-0.39, 0.29) is 12.2 Å². The van der Waals surface area contributed by atoms with Crippen molar-refractivity contribution in [2.24, 2.45) is 0 Å². The number of rotatable bonds is 5. The Morgan fingerprint density at radius 2 is 1.73 bits per heavy atom. The minimum Gasteiger partial charge on any atom is -0.493 e. The second kappa shape index (κ2) is 7.59. The molecule has 3 rings (SSSR count). The Morgan fingerprint density at radius 3 is 2.46 bits per heavy atom. The summed E-state index contributed by atoms with van der Waals surface area (Å²) in [5, 5.41) is 40.2. The third kappa shape index (κ3) is 3.81. The lowest BCUT2D eigenvalue weighted by Crippen LogP contribution is -2.56. The van der Waals surface area contributed by atoms with Crippen LogP contribution in [-0.4, -0.2) is 63.5 Å². The summed E-state index contributed by atoms with van der Waals surface area (Å²) in [5.41, 5.74) is 0.226. The van der Waals surface area contributed by atoms with E-state index in [1.165, 1.54) is 6.07 Å². The van der Waals surface area contributed by atoms with Gasteiger partial charge in [0.1, 0.15) is 24.1 Å². The summed E-state index contributed by atoms with van der Waals surface area (Å²) in [6.45, 7) is 1.90. The molecule has 0 amide bonds. The maximum absolute atomic E-state index is 11.0. The van der Waals surface area contributed by atoms with Gasteiger partial charge in [-0.05, 0) is 42.0 Å².